The predicted molar refractivity (Wildman–Crippen MR) is 81.7 cm³/mol. The van der Waals surface area contributed by atoms with E-state index in [-0.39, 0.29) is 0 Å². The Morgan fingerprint density at radius 1 is 1.35 bits per heavy atom. The van der Waals surface area contributed by atoms with Crippen molar-refractivity contribution in [2.75, 3.05) is 6.54 Å². The third kappa shape index (κ3) is 2.93. The lowest BCUT2D eigenvalue weighted by Gasteiger charge is -2.22. The number of hydrogen-bond donors (Lipinski definition) is 1. The largest absolute Gasteiger partial charge is 0.353 e. The summed E-state index contributed by atoms with van der Waals surface area (Å²) < 4.78 is 2.34. The van der Waals surface area contributed by atoms with Crippen LogP contribution in [0.2, 0.25) is 0 Å². The van der Waals surface area contributed by atoms with Gasteiger partial charge < -0.3 is 9.88 Å². The molecule has 1 aliphatic carbocycles. The highest BCUT2D eigenvalue weighted by molar-refractivity contribution is 5.30. The van der Waals surface area contributed by atoms with Gasteiger partial charge in [-0.25, -0.2) is 0 Å². The molecule has 0 saturated carbocycles. The molecule has 0 radical (unpaired) electrons. The summed E-state index contributed by atoms with van der Waals surface area (Å²) in [6.07, 6.45) is 11.3. The fourth-order valence-corrected chi connectivity index (χ4v) is 3.13. The molecule has 0 bridgehead atoms. The van der Waals surface area contributed by atoms with Crippen molar-refractivity contribution in [3.63, 3.8) is 0 Å². The normalized spacial score (nSPS) is 17.9. The molecule has 0 saturated heterocycles. The molecule has 0 spiro atoms. The van der Waals surface area contributed by atoms with Crippen molar-refractivity contribution in [3.8, 4) is 0 Å². The van der Waals surface area contributed by atoms with Gasteiger partial charge in [-0.3, -0.25) is 4.98 Å². The van der Waals surface area contributed by atoms with E-state index in [1.54, 1.807) is 0 Å². The molecule has 3 heteroatoms. The standard InChI is InChI=1S/C17H23N3/c1-2-18-17-8-5-6-14-12-20(13-16(14)17)11-9-15-7-3-4-10-19-15/h3-4,7,10,12-13,17-18H,2,5-6,8-9,11H2,1H3. The average molecular weight is 269 g/mol. The van der Waals surface area contributed by atoms with Crippen molar-refractivity contribution >= 4 is 0 Å². The molecule has 2 aromatic heterocycles. The van der Waals surface area contributed by atoms with E-state index in [1.807, 2.05) is 12.3 Å². The average Bonchev–Trinajstić information content (AvgIpc) is 2.91. The summed E-state index contributed by atoms with van der Waals surface area (Å²) in [5.41, 5.74) is 4.21. The number of hydrogen-bond acceptors (Lipinski definition) is 2. The molecule has 1 unspecified atom stereocenters. The summed E-state index contributed by atoms with van der Waals surface area (Å²) in [7, 11) is 0. The number of rotatable bonds is 5. The second-order valence-corrected chi connectivity index (χ2v) is 5.55. The smallest absolute Gasteiger partial charge is 0.0421 e. The number of aryl methyl sites for hydroxylation is 3. The quantitative estimate of drug-likeness (QED) is 0.904. The minimum absolute atomic E-state index is 0.555. The molecular weight excluding hydrogens is 246 g/mol. The van der Waals surface area contributed by atoms with E-state index in [0.717, 1.165) is 19.5 Å². The van der Waals surface area contributed by atoms with Gasteiger partial charge in [0, 0.05) is 43.3 Å². The van der Waals surface area contributed by atoms with E-state index >= 15 is 0 Å². The number of nitrogens with zero attached hydrogens (tertiary/aromatic N) is 2. The van der Waals surface area contributed by atoms with E-state index in [2.05, 4.69) is 46.3 Å². The summed E-state index contributed by atoms with van der Waals surface area (Å²) >= 11 is 0. The van der Waals surface area contributed by atoms with Crippen molar-refractivity contribution in [1.29, 1.82) is 0 Å². The second-order valence-electron chi connectivity index (χ2n) is 5.55. The number of pyridine rings is 1. The van der Waals surface area contributed by atoms with Gasteiger partial charge in [-0.05, 0) is 49.1 Å². The Kier molecular flexibility index (Phi) is 4.16. The van der Waals surface area contributed by atoms with Gasteiger partial charge in [-0.15, -0.1) is 0 Å². The fourth-order valence-electron chi connectivity index (χ4n) is 3.13. The molecule has 3 nitrogen and oxygen atoms in total. The maximum Gasteiger partial charge on any atom is 0.0421 e. The first-order valence-corrected chi connectivity index (χ1v) is 7.68. The van der Waals surface area contributed by atoms with Gasteiger partial charge in [0.25, 0.3) is 0 Å². The molecule has 2 heterocycles. The summed E-state index contributed by atoms with van der Waals surface area (Å²) in [5, 5.41) is 3.60. The Hall–Kier alpha value is -1.61. The van der Waals surface area contributed by atoms with E-state index in [9.17, 15) is 0 Å². The Balaban J connectivity index is 1.69. The van der Waals surface area contributed by atoms with E-state index < -0.39 is 0 Å². The first kappa shape index (κ1) is 13.4. The second kappa shape index (κ2) is 6.23. The molecule has 0 amide bonds. The third-order valence-electron chi connectivity index (χ3n) is 4.11. The van der Waals surface area contributed by atoms with Crippen LogP contribution in [0.5, 0.6) is 0 Å². The van der Waals surface area contributed by atoms with Crippen LogP contribution < -0.4 is 5.32 Å². The molecule has 2 aromatic rings. The van der Waals surface area contributed by atoms with Crippen molar-refractivity contribution in [2.45, 2.75) is 45.2 Å². The van der Waals surface area contributed by atoms with Gasteiger partial charge >= 0.3 is 0 Å². The van der Waals surface area contributed by atoms with Crippen LogP contribution in [0.3, 0.4) is 0 Å². The van der Waals surface area contributed by atoms with Crippen LogP contribution in [0.4, 0.5) is 0 Å². The maximum atomic E-state index is 4.39. The van der Waals surface area contributed by atoms with Gasteiger partial charge in [0.05, 0.1) is 0 Å². The lowest BCUT2D eigenvalue weighted by molar-refractivity contribution is 0.473. The summed E-state index contributed by atoms with van der Waals surface area (Å²) in [5.74, 6) is 0. The SMILES string of the molecule is CCNC1CCCc2cn(CCc3ccccn3)cc21. The molecule has 1 aliphatic rings. The van der Waals surface area contributed by atoms with Crippen molar-refractivity contribution in [3.05, 3.63) is 53.6 Å². The predicted octanol–water partition coefficient (Wildman–Crippen LogP) is 3.11. The minimum Gasteiger partial charge on any atom is -0.353 e. The number of aromatic nitrogens is 2. The van der Waals surface area contributed by atoms with Crippen molar-refractivity contribution in [1.82, 2.24) is 14.9 Å². The van der Waals surface area contributed by atoms with Crippen molar-refractivity contribution < 1.29 is 0 Å². The van der Waals surface area contributed by atoms with E-state index in [1.165, 1.54) is 36.1 Å². The molecule has 0 fully saturated rings. The fraction of sp³-hybridized carbons (Fsp3) is 0.471. The highest BCUT2D eigenvalue weighted by Crippen LogP contribution is 2.30. The topological polar surface area (TPSA) is 29.9 Å². The highest BCUT2D eigenvalue weighted by atomic mass is 15.0. The molecule has 20 heavy (non-hydrogen) atoms. The highest BCUT2D eigenvalue weighted by Gasteiger charge is 2.20. The summed E-state index contributed by atoms with van der Waals surface area (Å²) in [6, 6.07) is 6.69. The van der Waals surface area contributed by atoms with Crippen LogP contribution in [0.25, 0.3) is 0 Å². The Labute approximate surface area is 121 Å². The molecule has 3 rings (SSSR count). The third-order valence-corrected chi connectivity index (χ3v) is 4.11. The minimum atomic E-state index is 0.555. The Morgan fingerprint density at radius 3 is 3.10 bits per heavy atom. The van der Waals surface area contributed by atoms with Gasteiger partial charge in [0.2, 0.25) is 0 Å². The van der Waals surface area contributed by atoms with Crippen LogP contribution in [-0.2, 0) is 19.4 Å². The van der Waals surface area contributed by atoms with Crippen molar-refractivity contribution in [2.24, 2.45) is 0 Å². The molecular formula is C17H23N3. The van der Waals surface area contributed by atoms with E-state index in [4.69, 9.17) is 0 Å². The van der Waals surface area contributed by atoms with E-state index in [0.29, 0.717) is 6.04 Å². The first-order chi connectivity index (χ1) is 9.86. The first-order valence-electron chi connectivity index (χ1n) is 7.68. The van der Waals surface area contributed by atoms with Gasteiger partial charge in [0.15, 0.2) is 0 Å². The van der Waals surface area contributed by atoms with Crippen LogP contribution >= 0.6 is 0 Å². The van der Waals surface area contributed by atoms with Gasteiger partial charge in [-0.1, -0.05) is 13.0 Å². The van der Waals surface area contributed by atoms with Crippen LogP contribution in [-0.4, -0.2) is 16.1 Å². The summed E-state index contributed by atoms with van der Waals surface area (Å²) in [4.78, 5) is 4.39. The molecule has 1 atom stereocenters. The lowest BCUT2D eigenvalue weighted by atomic mass is 9.91. The van der Waals surface area contributed by atoms with Gasteiger partial charge in [0.1, 0.15) is 0 Å². The lowest BCUT2D eigenvalue weighted by Crippen LogP contribution is -2.23. The Morgan fingerprint density at radius 2 is 2.30 bits per heavy atom. The zero-order valence-corrected chi connectivity index (χ0v) is 12.2. The molecule has 0 aliphatic heterocycles. The van der Waals surface area contributed by atoms with Crippen LogP contribution in [0.15, 0.2) is 36.8 Å². The van der Waals surface area contributed by atoms with Crippen LogP contribution in [0, 0.1) is 0 Å². The summed E-state index contributed by atoms with van der Waals surface area (Å²) in [6.45, 7) is 4.25. The zero-order chi connectivity index (χ0) is 13.8. The monoisotopic (exact) mass is 269 g/mol. The zero-order valence-electron chi connectivity index (χ0n) is 12.2. The maximum absolute atomic E-state index is 4.39. The molecule has 106 valence electrons. The number of nitrogens with one attached hydrogen (secondary N) is 1. The molecule has 0 aromatic carbocycles. The van der Waals surface area contributed by atoms with Crippen LogP contribution in [0.1, 0.15) is 42.6 Å². The Bertz CT molecular complexity index is 545. The van der Waals surface area contributed by atoms with Gasteiger partial charge in [-0.2, -0.15) is 0 Å². The molecule has 1 N–H and O–H groups in total. The number of fused-ring (bicyclic) bond motifs is 1.